The van der Waals surface area contributed by atoms with Gasteiger partial charge in [0.2, 0.25) is 11.6 Å². The Kier molecular flexibility index (Phi) is 7.63. The third kappa shape index (κ3) is 4.91. The van der Waals surface area contributed by atoms with Gasteiger partial charge < -0.3 is 19.7 Å². The Morgan fingerprint density at radius 2 is 1.00 bits per heavy atom. The summed E-state index contributed by atoms with van der Waals surface area (Å²) in [5, 5.41) is 21.8. The van der Waals surface area contributed by atoms with E-state index in [1.54, 1.807) is 60.7 Å². The molecule has 2 aromatic rings. The molecule has 8 heteroatoms. The maximum absolute atomic E-state index is 13.3. The van der Waals surface area contributed by atoms with Crippen molar-refractivity contribution in [2.75, 3.05) is 14.2 Å². The number of esters is 2. The van der Waals surface area contributed by atoms with Gasteiger partial charge in [-0.1, -0.05) is 60.7 Å². The Labute approximate surface area is 196 Å². The number of Topliss-reactive ketones (excluding diaryl/α,β-unsaturated/α-hetero) is 2. The van der Waals surface area contributed by atoms with Crippen LogP contribution in [0.1, 0.15) is 35.8 Å². The number of aliphatic hydroxyl groups excluding tert-OH is 2. The molecule has 2 atom stereocenters. The van der Waals surface area contributed by atoms with Gasteiger partial charge in [0, 0.05) is 11.8 Å². The summed E-state index contributed by atoms with van der Waals surface area (Å²) >= 11 is 0. The van der Waals surface area contributed by atoms with Crippen molar-refractivity contribution in [2.24, 2.45) is 0 Å². The van der Waals surface area contributed by atoms with Crippen LogP contribution in [0.3, 0.4) is 0 Å². The normalized spacial score (nSPS) is 15.7. The zero-order chi connectivity index (χ0) is 24.8. The van der Waals surface area contributed by atoms with Crippen molar-refractivity contribution in [3.05, 3.63) is 94.5 Å². The van der Waals surface area contributed by atoms with Gasteiger partial charge in [-0.3, -0.25) is 19.2 Å². The van der Waals surface area contributed by atoms with E-state index in [-0.39, 0.29) is 12.8 Å². The average Bonchev–Trinajstić information content (AvgIpc) is 2.87. The highest BCUT2D eigenvalue weighted by Gasteiger charge is 2.43. The summed E-state index contributed by atoms with van der Waals surface area (Å²) < 4.78 is 9.45. The van der Waals surface area contributed by atoms with Crippen LogP contribution in [0.25, 0.3) is 0 Å². The molecule has 0 fully saturated rings. The summed E-state index contributed by atoms with van der Waals surface area (Å²) in [7, 11) is 2.36. The number of carbonyl (C=O) groups excluding carboxylic acids is 4. The van der Waals surface area contributed by atoms with Crippen LogP contribution in [0.15, 0.2) is 83.3 Å². The minimum Gasteiger partial charge on any atom is -0.504 e. The quantitative estimate of drug-likeness (QED) is 0.449. The summed E-state index contributed by atoms with van der Waals surface area (Å²) in [4.78, 5) is 50.8. The highest BCUT2D eigenvalue weighted by molar-refractivity contribution is 6.24. The number of benzene rings is 2. The van der Waals surface area contributed by atoms with Crippen LogP contribution in [0.2, 0.25) is 0 Å². The van der Waals surface area contributed by atoms with Crippen LogP contribution in [0.5, 0.6) is 0 Å². The molecule has 8 nitrogen and oxygen atoms in total. The lowest BCUT2D eigenvalue weighted by Gasteiger charge is -2.27. The first-order chi connectivity index (χ1) is 16.3. The molecule has 0 saturated carbocycles. The Bertz CT molecular complexity index is 1070. The van der Waals surface area contributed by atoms with E-state index in [0.717, 1.165) is 0 Å². The number of methoxy groups -OCH3 is 2. The van der Waals surface area contributed by atoms with E-state index in [4.69, 9.17) is 9.47 Å². The number of carbonyl (C=O) groups is 4. The average molecular weight is 464 g/mol. The van der Waals surface area contributed by atoms with Crippen LogP contribution in [-0.4, -0.2) is 47.9 Å². The largest absolute Gasteiger partial charge is 0.504 e. The van der Waals surface area contributed by atoms with E-state index in [2.05, 4.69) is 0 Å². The summed E-state index contributed by atoms with van der Waals surface area (Å²) in [6.07, 6.45) is -0.683. The number of ether oxygens (including phenoxy) is 2. The predicted molar refractivity (Wildman–Crippen MR) is 121 cm³/mol. The molecule has 34 heavy (non-hydrogen) atoms. The fraction of sp³-hybridized carbons (Fsp3) is 0.231. The molecule has 0 spiro atoms. The molecule has 0 aliphatic heterocycles. The van der Waals surface area contributed by atoms with Crippen molar-refractivity contribution in [3.63, 3.8) is 0 Å². The Morgan fingerprint density at radius 3 is 1.29 bits per heavy atom. The molecule has 0 bridgehead atoms. The standard InChI is InChI=1S/C26H24O8/c1-33-19(27)13-17(15-9-5-3-6-10-15)21-23(29)25(31)22(26(32)24(21)30)18(14-20(28)34-2)16-11-7-4-8-12-16/h3-12,17-18,29,32H,13-14H2,1-2H3/t17-,18+. The van der Waals surface area contributed by atoms with Gasteiger partial charge in [-0.05, 0) is 11.1 Å². The van der Waals surface area contributed by atoms with Gasteiger partial charge in [-0.25, -0.2) is 0 Å². The van der Waals surface area contributed by atoms with E-state index >= 15 is 0 Å². The molecule has 0 unspecified atom stereocenters. The van der Waals surface area contributed by atoms with E-state index in [0.29, 0.717) is 11.1 Å². The fourth-order valence-electron chi connectivity index (χ4n) is 4.01. The smallest absolute Gasteiger partial charge is 0.306 e. The Hall–Kier alpha value is -4.20. The van der Waals surface area contributed by atoms with Crippen molar-refractivity contribution in [1.29, 1.82) is 0 Å². The fourth-order valence-corrected chi connectivity index (χ4v) is 4.01. The molecule has 2 N–H and O–H groups in total. The summed E-state index contributed by atoms with van der Waals surface area (Å²) in [6.45, 7) is 0. The lowest BCUT2D eigenvalue weighted by atomic mass is 9.76. The number of hydrogen-bond acceptors (Lipinski definition) is 8. The topological polar surface area (TPSA) is 127 Å². The number of aliphatic hydroxyl groups is 2. The SMILES string of the molecule is COC(=O)C[C@H](C1=C(O)C(=O)C([C@H](CC(=O)OC)c2ccccc2)=C(O)C1=O)c1ccccc1. The molecule has 1 aliphatic rings. The summed E-state index contributed by atoms with van der Waals surface area (Å²) in [6, 6.07) is 16.7. The third-order valence-electron chi connectivity index (χ3n) is 5.73. The number of ketones is 2. The van der Waals surface area contributed by atoms with Gasteiger partial charge >= 0.3 is 11.9 Å². The minimum absolute atomic E-state index is 0.341. The Balaban J connectivity index is 2.13. The maximum Gasteiger partial charge on any atom is 0.306 e. The maximum atomic E-state index is 13.3. The zero-order valence-corrected chi connectivity index (χ0v) is 18.7. The first-order valence-corrected chi connectivity index (χ1v) is 10.5. The van der Waals surface area contributed by atoms with Crippen molar-refractivity contribution in [2.45, 2.75) is 24.7 Å². The van der Waals surface area contributed by atoms with E-state index in [1.807, 2.05) is 0 Å². The van der Waals surface area contributed by atoms with Gasteiger partial charge in [-0.15, -0.1) is 0 Å². The molecular weight excluding hydrogens is 440 g/mol. The van der Waals surface area contributed by atoms with Crippen LogP contribution in [0, 0.1) is 0 Å². The summed E-state index contributed by atoms with van der Waals surface area (Å²) in [5.74, 6) is -7.20. The first kappa shape index (κ1) is 24.4. The van der Waals surface area contributed by atoms with Crippen LogP contribution in [0.4, 0.5) is 0 Å². The van der Waals surface area contributed by atoms with Gasteiger partial charge in [0.1, 0.15) is 0 Å². The van der Waals surface area contributed by atoms with Gasteiger partial charge in [0.25, 0.3) is 0 Å². The van der Waals surface area contributed by atoms with Crippen LogP contribution < -0.4 is 0 Å². The Morgan fingerprint density at radius 1 is 0.676 bits per heavy atom. The van der Waals surface area contributed by atoms with E-state index in [9.17, 15) is 29.4 Å². The minimum atomic E-state index is -1.04. The third-order valence-corrected chi connectivity index (χ3v) is 5.73. The number of rotatable bonds is 8. The molecule has 0 saturated heterocycles. The molecule has 0 amide bonds. The lowest BCUT2D eigenvalue weighted by Crippen LogP contribution is -2.31. The zero-order valence-electron chi connectivity index (χ0n) is 18.7. The number of allylic oxidation sites excluding steroid dienone is 2. The molecule has 0 radical (unpaired) electrons. The monoisotopic (exact) mass is 464 g/mol. The van der Waals surface area contributed by atoms with Gasteiger partial charge in [0.05, 0.1) is 38.2 Å². The summed E-state index contributed by atoms with van der Waals surface area (Å²) in [5.41, 5.74) is 0.127. The van der Waals surface area contributed by atoms with Crippen LogP contribution in [-0.2, 0) is 28.7 Å². The second-order valence-corrected chi connectivity index (χ2v) is 7.67. The molecule has 0 heterocycles. The molecular formula is C26H24O8. The highest BCUT2D eigenvalue weighted by Crippen LogP contribution is 2.40. The molecule has 176 valence electrons. The van der Waals surface area contributed by atoms with Crippen molar-refractivity contribution < 1.29 is 38.9 Å². The highest BCUT2D eigenvalue weighted by atomic mass is 16.5. The van der Waals surface area contributed by atoms with Crippen LogP contribution >= 0.6 is 0 Å². The predicted octanol–water partition coefficient (Wildman–Crippen LogP) is 3.46. The molecule has 0 aromatic heterocycles. The van der Waals surface area contributed by atoms with E-state index in [1.165, 1.54) is 14.2 Å². The van der Waals surface area contributed by atoms with Crippen molar-refractivity contribution in [1.82, 2.24) is 0 Å². The second kappa shape index (κ2) is 10.6. The first-order valence-electron chi connectivity index (χ1n) is 10.5. The van der Waals surface area contributed by atoms with Gasteiger partial charge in [-0.2, -0.15) is 0 Å². The lowest BCUT2D eigenvalue weighted by molar-refractivity contribution is -0.142. The van der Waals surface area contributed by atoms with Gasteiger partial charge in [0.15, 0.2) is 11.5 Å². The number of hydrogen-bond donors (Lipinski definition) is 2. The molecule has 2 aromatic carbocycles. The van der Waals surface area contributed by atoms with E-state index < -0.39 is 58.0 Å². The molecule has 3 rings (SSSR count). The van der Waals surface area contributed by atoms with Crippen molar-refractivity contribution >= 4 is 23.5 Å². The second-order valence-electron chi connectivity index (χ2n) is 7.67. The molecule has 1 aliphatic carbocycles. The van der Waals surface area contributed by atoms with Crippen molar-refractivity contribution in [3.8, 4) is 0 Å².